The van der Waals surface area contributed by atoms with Crippen LogP contribution in [0.2, 0.25) is 0 Å². The zero-order valence-electron chi connectivity index (χ0n) is 12.6. The fourth-order valence-corrected chi connectivity index (χ4v) is 3.22. The lowest BCUT2D eigenvalue weighted by Crippen LogP contribution is -2.45. The summed E-state index contributed by atoms with van der Waals surface area (Å²) in [6.07, 6.45) is -0.266. The van der Waals surface area contributed by atoms with Gasteiger partial charge in [-0.1, -0.05) is 0 Å². The molecule has 1 fully saturated rings. The van der Waals surface area contributed by atoms with E-state index in [0.717, 1.165) is 13.0 Å². The Hall–Kier alpha value is -1.68. The Morgan fingerprint density at radius 2 is 1.96 bits per heavy atom. The number of ether oxygens (including phenoxy) is 1. The fourth-order valence-electron chi connectivity index (χ4n) is 3.22. The van der Waals surface area contributed by atoms with Crippen LogP contribution in [-0.4, -0.2) is 61.2 Å². The molecule has 2 heterocycles. The van der Waals surface area contributed by atoms with Crippen molar-refractivity contribution < 1.29 is 30.3 Å². The Kier molecular flexibility index (Phi) is 3.83. The summed E-state index contributed by atoms with van der Waals surface area (Å²) < 4.78 is 4.57. The van der Waals surface area contributed by atoms with Crippen LogP contribution < -0.4 is 4.74 Å². The van der Waals surface area contributed by atoms with E-state index >= 15 is 0 Å². The second kappa shape index (κ2) is 5.45. The first-order chi connectivity index (χ1) is 10.7. The summed E-state index contributed by atoms with van der Waals surface area (Å²) in [6, 6.07) is 3.94. The normalized spacial score (nSPS) is 20.3. The van der Waals surface area contributed by atoms with Gasteiger partial charge in [0.05, 0.1) is 6.04 Å². The van der Waals surface area contributed by atoms with Gasteiger partial charge < -0.3 is 35.3 Å². The summed E-state index contributed by atoms with van der Waals surface area (Å²) in [5, 5.41) is 48.5. The van der Waals surface area contributed by atoms with E-state index in [1.165, 1.54) is 18.3 Å². The number of aliphatic hydroxyl groups is 5. The minimum atomic E-state index is -3.30. The number of likely N-dealkylation sites (N-methyl/N-ethyl adjacent to an activating group) is 1. The third-order valence-electron chi connectivity index (χ3n) is 4.29. The average Bonchev–Trinajstić information content (AvgIpc) is 3.02. The second-order valence-corrected chi connectivity index (χ2v) is 5.95. The molecule has 1 aromatic carbocycles. The molecule has 8 heteroatoms. The van der Waals surface area contributed by atoms with Crippen LogP contribution in [0.25, 0.3) is 10.9 Å². The molecule has 3 rings (SSSR count). The zero-order valence-corrected chi connectivity index (χ0v) is 12.6. The summed E-state index contributed by atoms with van der Waals surface area (Å²) in [5.74, 6) is -2.10. The number of rotatable bonds is 4. The number of hydrogen-bond donors (Lipinski definition) is 6. The van der Waals surface area contributed by atoms with Crippen LogP contribution in [0.5, 0.6) is 5.75 Å². The van der Waals surface area contributed by atoms with E-state index in [-0.39, 0.29) is 11.3 Å². The van der Waals surface area contributed by atoms with Crippen molar-refractivity contribution in [3.8, 4) is 5.75 Å². The van der Waals surface area contributed by atoms with Crippen molar-refractivity contribution in [1.82, 2.24) is 9.88 Å². The van der Waals surface area contributed by atoms with Gasteiger partial charge >= 0.3 is 6.16 Å². The molecule has 0 saturated carbocycles. The average molecular weight is 324 g/mol. The Morgan fingerprint density at radius 1 is 1.22 bits per heavy atom. The van der Waals surface area contributed by atoms with Crippen LogP contribution in [0, 0.1) is 0 Å². The lowest BCUT2D eigenvalue weighted by Gasteiger charge is -2.32. The number of fused-ring (bicyclic) bond motifs is 1. The standard InChI is InChI=1S/C15H20N2O6/c1-17-6-2-3-13(17)14(18,19)11-8-16-12-5-4-9(7-10(11)12)23-15(20,21)22/h4-5,7-8,13,16,18-22H,2-3,6H2,1H3. The Balaban J connectivity index is 2.02. The van der Waals surface area contributed by atoms with Gasteiger partial charge in [-0.3, -0.25) is 4.90 Å². The Morgan fingerprint density at radius 3 is 2.57 bits per heavy atom. The van der Waals surface area contributed by atoms with Crippen LogP contribution in [-0.2, 0) is 5.79 Å². The SMILES string of the molecule is CN1CCCC1C(O)(O)c1c[nH]c2ccc(OC(O)(O)O)cc12. The van der Waals surface area contributed by atoms with Gasteiger partial charge in [-0.2, -0.15) is 0 Å². The van der Waals surface area contributed by atoms with Crippen LogP contribution in [0.4, 0.5) is 0 Å². The molecule has 2 aromatic rings. The highest BCUT2D eigenvalue weighted by atomic mass is 16.9. The third kappa shape index (κ3) is 3.05. The summed E-state index contributed by atoms with van der Waals surface area (Å²) in [4.78, 5) is 4.83. The smallest absolute Gasteiger partial charge is 0.417 e. The van der Waals surface area contributed by atoms with Crippen molar-refractivity contribution in [2.45, 2.75) is 30.8 Å². The number of aromatic nitrogens is 1. The molecule has 1 unspecified atom stereocenters. The maximum atomic E-state index is 10.7. The maximum Gasteiger partial charge on any atom is 0.453 e. The van der Waals surface area contributed by atoms with Gasteiger partial charge in [0.15, 0.2) is 0 Å². The Bertz CT molecular complexity index is 706. The number of hydrogen-bond acceptors (Lipinski definition) is 7. The predicted molar refractivity (Wildman–Crippen MR) is 80.1 cm³/mol. The first-order valence-electron chi connectivity index (χ1n) is 7.31. The van der Waals surface area contributed by atoms with Crippen molar-refractivity contribution in [3.63, 3.8) is 0 Å². The second-order valence-electron chi connectivity index (χ2n) is 5.95. The number of likely N-dealkylation sites (tertiary alicyclic amines) is 1. The molecule has 6 N–H and O–H groups in total. The van der Waals surface area contributed by atoms with E-state index in [1.807, 2.05) is 11.9 Å². The van der Waals surface area contributed by atoms with Crippen molar-refractivity contribution >= 4 is 10.9 Å². The van der Waals surface area contributed by atoms with Gasteiger partial charge in [-0.25, -0.2) is 0 Å². The van der Waals surface area contributed by atoms with E-state index in [9.17, 15) is 10.2 Å². The molecule has 23 heavy (non-hydrogen) atoms. The molecule has 0 amide bonds. The van der Waals surface area contributed by atoms with E-state index in [1.54, 1.807) is 6.07 Å². The number of benzene rings is 1. The van der Waals surface area contributed by atoms with Crippen LogP contribution >= 0.6 is 0 Å². The minimum absolute atomic E-state index is 0.0265. The monoisotopic (exact) mass is 324 g/mol. The Labute approximate surface area is 132 Å². The van der Waals surface area contributed by atoms with Gasteiger partial charge in [-0.15, -0.1) is 0 Å². The molecule has 0 bridgehead atoms. The molecule has 0 aliphatic carbocycles. The number of H-pyrrole nitrogens is 1. The van der Waals surface area contributed by atoms with Crippen molar-refractivity contribution in [1.29, 1.82) is 0 Å². The lowest BCUT2D eigenvalue weighted by atomic mass is 9.95. The molecule has 126 valence electrons. The lowest BCUT2D eigenvalue weighted by molar-refractivity contribution is -0.419. The molecule has 0 radical (unpaired) electrons. The van der Waals surface area contributed by atoms with Crippen molar-refractivity contribution in [2.24, 2.45) is 0 Å². The highest BCUT2D eigenvalue weighted by Crippen LogP contribution is 2.37. The summed E-state index contributed by atoms with van der Waals surface area (Å²) in [7, 11) is 1.83. The molecule has 1 aliphatic rings. The van der Waals surface area contributed by atoms with Crippen LogP contribution in [0.15, 0.2) is 24.4 Å². The van der Waals surface area contributed by atoms with Gasteiger partial charge in [0, 0.05) is 22.7 Å². The summed E-state index contributed by atoms with van der Waals surface area (Å²) in [6.45, 7) is 0.784. The number of aromatic amines is 1. The minimum Gasteiger partial charge on any atom is -0.417 e. The molecule has 1 saturated heterocycles. The molecule has 1 aromatic heterocycles. The zero-order chi connectivity index (χ0) is 16.8. The highest BCUT2D eigenvalue weighted by molar-refractivity contribution is 5.85. The van der Waals surface area contributed by atoms with Gasteiger partial charge in [-0.05, 0) is 44.6 Å². The number of nitrogens with zero attached hydrogens (tertiary/aromatic N) is 1. The van der Waals surface area contributed by atoms with E-state index in [2.05, 4.69) is 9.72 Å². The van der Waals surface area contributed by atoms with Gasteiger partial charge in [0.25, 0.3) is 0 Å². The first kappa shape index (κ1) is 16.2. The van der Waals surface area contributed by atoms with Gasteiger partial charge in [0.1, 0.15) is 5.75 Å². The number of nitrogens with one attached hydrogen (secondary N) is 1. The van der Waals surface area contributed by atoms with E-state index in [0.29, 0.717) is 17.3 Å². The molecule has 0 spiro atoms. The van der Waals surface area contributed by atoms with Gasteiger partial charge in [0.2, 0.25) is 5.79 Å². The third-order valence-corrected chi connectivity index (χ3v) is 4.29. The van der Waals surface area contributed by atoms with E-state index < -0.39 is 18.0 Å². The molecule has 1 aliphatic heterocycles. The molecular weight excluding hydrogens is 304 g/mol. The van der Waals surface area contributed by atoms with E-state index in [4.69, 9.17) is 15.3 Å². The maximum absolute atomic E-state index is 10.7. The molecule has 8 nitrogen and oxygen atoms in total. The molecular formula is C15H20N2O6. The first-order valence-corrected chi connectivity index (χ1v) is 7.31. The fraction of sp³-hybridized carbons (Fsp3) is 0.467. The topological polar surface area (TPSA) is 129 Å². The summed E-state index contributed by atoms with van der Waals surface area (Å²) in [5.41, 5.74) is 0.885. The summed E-state index contributed by atoms with van der Waals surface area (Å²) >= 11 is 0. The van der Waals surface area contributed by atoms with Crippen molar-refractivity contribution in [3.05, 3.63) is 30.0 Å². The van der Waals surface area contributed by atoms with Crippen molar-refractivity contribution in [2.75, 3.05) is 13.6 Å². The quantitative estimate of drug-likeness (QED) is 0.413. The predicted octanol–water partition coefficient (Wildman–Crippen LogP) is -0.633. The van der Waals surface area contributed by atoms with Crippen LogP contribution in [0.3, 0.4) is 0 Å². The molecule has 1 atom stereocenters. The largest absolute Gasteiger partial charge is 0.453 e. The highest BCUT2D eigenvalue weighted by Gasteiger charge is 2.42. The van der Waals surface area contributed by atoms with Crippen LogP contribution in [0.1, 0.15) is 18.4 Å².